The summed E-state index contributed by atoms with van der Waals surface area (Å²) in [6, 6.07) is 13.2. The van der Waals surface area contributed by atoms with Gasteiger partial charge in [0.1, 0.15) is 0 Å². The molecule has 0 fully saturated rings. The third-order valence-corrected chi connectivity index (χ3v) is 4.09. The fourth-order valence-electron chi connectivity index (χ4n) is 2.30. The molecule has 2 N–H and O–H groups in total. The first-order chi connectivity index (χ1) is 9.66. The van der Waals surface area contributed by atoms with Gasteiger partial charge in [-0.2, -0.15) is 0 Å². The molecular weight excluding hydrogens is 291 g/mol. The lowest BCUT2D eigenvalue weighted by Crippen LogP contribution is -2.12. The zero-order valence-electron chi connectivity index (χ0n) is 10.6. The predicted octanol–water partition coefficient (Wildman–Crippen LogP) is 4.59. The highest BCUT2D eigenvalue weighted by Crippen LogP contribution is 2.30. The fraction of sp³-hybridized carbons (Fsp3) is 0.0625. The van der Waals surface area contributed by atoms with Crippen LogP contribution in [-0.2, 0) is 0 Å². The van der Waals surface area contributed by atoms with E-state index in [0.29, 0.717) is 10.0 Å². The first-order valence-corrected chi connectivity index (χ1v) is 6.95. The smallest absolute Gasteiger partial charge is 0.0595 e. The molecule has 3 rings (SSSR count). The molecule has 0 aliphatic heterocycles. The van der Waals surface area contributed by atoms with Crippen molar-refractivity contribution < 1.29 is 0 Å². The van der Waals surface area contributed by atoms with Crippen LogP contribution in [0.2, 0.25) is 10.0 Å². The molecule has 0 bridgehead atoms. The highest BCUT2D eigenvalue weighted by Gasteiger charge is 2.13. The lowest BCUT2D eigenvalue weighted by Gasteiger charge is -2.15. The summed E-state index contributed by atoms with van der Waals surface area (Å²) < 4.78 is 0. The zero-order chi connectivity index (χ0) is 14.1. The summed E-state index contributed by atoms with van der Waals surface area (Å²) >= 11 is 12.0. The third-order valence-electron chi connectivity index (χ3n) is 3.35. The van der Waals surface area contributed by atoms with Crippen LogP contribution in [0.4, 0.5) is 0 Å². The standard InChI is InChI=1S/C16H12Cl2N2/c17-14-5-4-10(8-15(14)18)16(19)13-3-1-2-11-9-20-7-6-12(11)13/h1-9,16H,19H2. The Bertz CT molecular complexity index is 766. The molecule has 20 heavy (non-hydrogen) atoms. The van der Waals surface area contributed by atoms with E-state index < -0.39 is 0 Å². The maximum absolute atomic E-state index is 6.38. The molecule has 0 saturated carbocycles. The van der Waals surface area contributed by atoms with Crippen LogP contribution in [0.5, 0.6) is 0 Å². The van der Waals surface area contributed by atoms with Gasteiger partial charge in [0.25, 0.3) is 0 Å². The molecule has 1 heterocycles. The van der Waals surface area contributed by atoms with Gasteiger partial charge >= 0.3 is 0 Å². The number of benzene rings is 2. The molecule has 100 valence electrons. The molecule has 0 spiro atoms. The number of aromatic nitrogens is 1. The van der Waals surface area contributed by atoms with Crippen molar-refractivity contribution in [2.75, 3.05) is 0 Å². The number of nitrogens with two attached hydrogens (primary N) is 1. The molecule has 0 amide bonds. The molecular formula is C16H12Cl2N2. The Labute approximate surface area is 127 Å². The van der Waals surface area contributed by atoms with Gasteiger partial charge < -0.3 is 5.73 Å². The zero-order valence-corrected chi connectivity index (χ0v) is 12.1. The Balaban J connectivity index is 2.12. The Hall–Kier alpha value is -1.61. The topological polar surface area (TPSA) is 38.9 Å². The average molecular weight is 303 g/mol. The van der Waals surface area contributed by atoms with E-state index in [-0.39, 0.29) is 6.04 Å². The van der Waals surface area contributed by atoms with Crippen LogP contribution in [0.25, 0.3) is 10.8 Å². The van der Waals surface area contributed by atoms with Crippen molar-refractivity contribution in [2.24, 2.45) is 5.73 Å². The maximum Gasteiger partial charge on any atom is 0.0595 e. The number of rotatable bonds is 2. The van der Waals surface area contributed by atoms with E-state index in [1.165, 1.54) is 0 Å². The molecule has 0 aliphatic carbocycles. The first kappa shape index (κ1) is 13.4. The van der Waals surface area contributed by atoms with E-state index >= 15 is 0 Å². The van der Waals surface area contributed by atoms with Crippen molar-refractivity contribution in [3.63, 3.8) is 0 Å². The number of pyridine rings is 1. The fourth-order valence-corrected chi connectivity index (χ4v) is 2.61. The summed E-state index contributed by atoms with van der Waals surface area (Å²) in [4.78, 5) is 4.13. The van der Waals surface area contributed by atoms with Crippen molar-refractivity contribution in [1.29, 1.82) is 0 Å². The summed E-state index contributed by atoms with van der Waals surface area (Å²) in [5, 5.41) is 3.22. The quantitative estimate of drug-likeness (QED) is 0.752. The summed E-state index contributed by atoms with van der Waals surface area (Å²) in [5.74, 6) is 0. The van der Waals surface area contributed by atoms with Gasteiger partial charge in [-0.3, -0.25) is 4.98 Å². The molecule has 1 aromatic heterocycles. The molecule has 2 aromatic carbocycles. The van der Waals surface area contributed by atoms with Crippen LogP contribution in [0.15, 0.2) is 54.9 Å². The molecule has 2 nitrogen and oxygen atoms in total. The Morgan fingerprint density at radius 3 is 2.65 bits per heavy atom. The van der Waals surface area contributed by atoms with Crippen LogP contribution in [0.1, 0.15) is 17.2 Å². The first-order valence-electron chi connectivity index (χ1n) is 6.20. The largest absolute Gasteiger partial charge is 0.320 e. The Kier molecular flexibility index (Phi) is 3.62. The molecule has 0 aliphatic rings. The summed E-state index contributed by atoms with van der Waals surface area (Å²) in [7, 11) is 0. The van der Waals surface area contributed by atoms with Gasteiger partial charge in [-0.15, -0.1) is 0 Å². The van der Waals surface area contributed by atoms with E-state index in [1.807, 2.05) is 42.6 Å². The second-order valence-corrected chi connectivity index (χ2v) is 5.41. The van der Waals surface area contributed by atoms with Crippen molar-refractivity contribution >= 4 is 34.0 Å². The monoisotopic (exact) mass is 302 g/mol. The molecule has 0 radical (unpaired) electrons. The Morgan fingerprint density at radius 1 is 1.00 bits per heavy atom. The van der Waals surface area contributed by atoms with E-state index in [1.54, 1.807) is 12.3 Å². The minimum absolute atomic E-state index is 0.254. The van der Waals surface area contributed by atoms with Gasteiger partial charge in [-0.1, -0.05) is 47.5 Å². The highest BCUT2D eigenvalue weighted by atomic mass is 35.5. The lowest BCUT2D eigenvalue weighted by atomic mass is 9.95. The number of fused-ring (bicyclic) bond motifs is 1. The van der Waals surface area contributed by atoms with Gasteiger partial charge in [0, 0.05) is 17.8 Å². The second kappa shape index (κ2) is 5.41. The number of halogens is 2. The number of hydrogen-bond acceptors (Lipinski definition) is 2. The van der Waals surface area contributed by atoms with E-state index in [9.17, 15) is 0 Å². The van der Waals surface area contributed by atoms with Crippen LogP contribution in [0.3, 0.4) is 0 Å². The van der Waals surface area contributed by atoms with Crippen molar-refractivity contribution in [1.82, 2.24) is 4.98 Å². The molecule has 1 unspecified atom stereocenters. The average Bonchev–Trinajstić information content (AvgIpc) is 2.49. The van der Waals surface area contributed by atoms with Gasteiger partial charge in [0.2, 0.25) is 0 Å². The van der Waals surface area contributed by atoms with Crippen LogP contribution in [0, 0.1) is 0 Å². The third kappa shape index (κ3) is 2.38. The van der Waals surface area contributed by atoms with Crippen LogP contribution in [-0.4, -0.2) is 4.98 Å². The number of nitrogens with zero attached hydrogens (tertiary/aromatic N) is 1. The lowest BCUT2D eigenvalue weighted by molar-refractivity contribution is 0.880. The van der Waals surface area contributed by atoms with Gasteiger partial charge in [0.15, 0.2) is 0 Å². The van der Waals surface area contributed by atoms with Crippen molar-refractivity contribution in [2.45, 2.75) is 6.04 Å². The molecule has 4 heteroatoms. The van der Waals surface area contributed by atoms with Gasteiger partial charge in [0.05, 0.1) is 16.1 Å². The summed E-state index contributed by atoms with van der Waals surface area (Å²) in [5.41, 5.74) is 8.36. The summed E-state index contributed by atoms with van der Waals surface area (Å²) in [6.45, 7) is 0. The molecule has 3 aromatic rings. The van der Waals surface area contributed by atoms with E-state index in [2.05, 4.69) is 4.98 Å². The van der Waals surface area contributed by atoms with Crippen molar-refractivity contribution in [3.8, 4) is 0 Å². The number of hydrogen-bond donors (Lipinski definition) is 1. The normalized spacial score (nSPS) is 12.6. The van der Waals surface area contributed by atoms with Gasteiger partial charge in [-0.05, 0) is 34.7 Å². The minimum atomic E-state index is -0.254. The van der Waals surface area contributed by atoms with Gasteiger partial charge in [-0.25, -0.2) is 0 Å². The van der Waals surface area contributed by atoms with Crippen molar-refractivity contribution in [3.05, 3.63) is 76.0 Å². The maximum atomic E-state index is 6.38. The highest BCUT2D eigenvalue weighted by molar-refractivity contribution is 6.42. The summed E-state index contributed by atoms with van der Waals surface area (Å²) in [6.07, 6.45) is 3.60. The SMILES string of the molecule is NC(c1ccc(Cl)c(Cl)c1)c1cccc2cnccc12. The van der Waals surface area contributed by atoms with E-state index in [4.69, 9.17) is 28.9 Å². The molecule has 1 atom stereocenters. The predicted molar refractivity (Wildman–Crippen MR) is 84.2 cm³/mol. The molecule has 0 saturated heterocycles. The van der Waals surface area contributed by atoms with E-state index in [0.717, 1.165) is 21.9 Å². The Morgan fingerprint density at radius 2 is 1.85 bits per heavy atom. The minimum Gasteiger partial charge on any atom is -0.320 e. The van der Waals surface area contributed by atoms with Crippen LogP contribution < -0.4 is 5.73 Å². The van der Waals surface area contributed by atoms with Crippen LogP contribution >= 0.6 is 23.2 Å². The second-order valence-electron chi connectivity index (χ2n) is 4.60.